The molecule has 0 aliphatic heterocycles. The van der Waals surface area contributed by atoms with Gasteiger partial charge in [0.05, 0.1) is 40.2 Å². The van der Waals surface area contributed by atoms with E-state index in [1.165, 1.54) is 0 Å². The van der Waals surface area contributed by atoms with Crippen LogP contribution >= 0.6 is 0 Å². The van der Waals surface area contributed by atoms with Crippen molar-refractivity contribution in [3.63, 3.8) is 0 Å². The molecule has 0 amide bonds. The lowest BCUT2D eigenvalue weighted by molar-refractivity contribution is 0.272. The number of hydrogen-bond acceptors (Lipinski definition) is 6. The molecule has 0 radical (unpaired) electrons. The largest absolute Gasteiger partial charge is 0.411 e. The fourth-order valence-electron chi connectivity index (χ4n) is 3.83. The molecule has 3 aromatic heterocycles. The Kier molecular flexibility index (Phi) is 9.06. The lowest BCUT2D eigenvalue weighted by Gasteiger charge is -2.36. The van der Waals surface area contributed by atoms with Gasteiger partial charge < -0.3 is 4.43 Å². The molecule has 0 spiro atoms. The molecular weight excluding hydrogens is 549 g/mol. The standard InChI is InChI=1S/C31H42N6O2SSi/c1-10-12-26(36-40(38)30(2,3)4)25-17-18-32-29(35-25)22-15-16-23-20-33-37(27(23)19-22)28-14-11-13-24(34-28)21-39-41(8,9)31(5,6)7/h11,13-20H,10,12,21H2,1-9H3/b36-26+/t40-/m1/s1. The lowest BCUT2D eigenvalue weighted by atomic mass is 10.1. The molecule has 8 nitrogen and oxygen atoms in total. The van der Waals surface area contributed by atoms with Crippen molar-refractivity contribution < 1.29 is 8.63 Å². The minimum Gasteiger partial charge on any atom is -0.411 e. The Morgan fingerprint density at radius 2 is 1.80 bits per heavy atom. The molecule has 3 heterocycles. The van der Waals surface area contributed by atoms with Crippen molar-refractivity contribution in [3.8, 4) is 17.2 Å². The van der Waals surface area contributed by atoms with Crippen molar-refractivity contribution in [1.29, 1.82) is 0 Å². The van der Waals surface area contributed by atoms with Crippen molar-refractivity contribution >= 4 is 35.9 Å². The van der Waals surface area contributed by atoms with E-state index in [2.05, 4.69) is 55.3 Å². The number of fused-ring (bicyclic) bond motifs is 1. The number of pyridine rings is 1. The molecule has 0 aliphatic carbocycles. The Hall–Kier alpha value is -3.08. The highest BCUT2D eigenvalue weighted by atomic mass is 32.2. The smallest absolute Gasteiger partial charge is 0.192 e. The van der Waals surface area contributed by atoms with E-state index >= 15 is 0 Å². The van der Waals surface area contributed by atoms with Crippen molar-refractivity contribution in [3.05, 3.63) is 66.2 Å². The highest BCUT2D eigenvalue weighted by Crippen LogP contribution is 2.37. The van der Waals surface area contributed by atoms with E-state index in [0.29, 0.717) is 24.5 Å². The van der Waals surface area contributed by atoms with E-state index in [-0.39, 0.29) is 5.04 Å². The summed E-state index contributed by atoms with van der Waals surface area (Å²) in [6.45, 7) is 19.5. The first-order valence-corrected chi connectivity index (χ1v) is 18.1. The molecule has 0 saturated carbocycles. The highest BCUT2D eigenvalue weighted by Gasteiger charge is 2.37. The fraction of sp³-hybridized carbons (Fsp3) is 0.452. The molecule has 41 heavy (non-hydrogen) atoms. The van der Waals surface area contributed by atoms with Crippen molar-refractivity contribution in [2.24, 2.45) is 4.40 Å². The molecule has 10 heteroatoms. The molecule has 0 N–H and O–H groups in total. The lowest BCUT2D eigenvalue weighted by Crippen LogP contribution is -2.40. The average molecular weight is 591 g/mol. The Bertz CT molecular complexity index is 1580. The van der Waals surface area contributed by atoms with E-state index in [1.807, 2.05) is 74.1 Å². The van der Waals surface area contributed by atoms with Crippen LogP contribution in [0.15, 0.2) is 59.3 Å². The molecule has 0 aliphatic rings. The van der Waals surface area contributed by atoms with Gasteiger partial charge in [-0.3, -0.25) is 0 Å². The molecule has 1 aromatic carbocycles. The maximum atomic E-state index is 12.8. The van der Waals surface area contributed by atoms with Crippen molar-refractivity contribution in [2.75, 3.05) is 0 Å². The summed E-state index contributed by atoms with van der Waals surface area (Å²) in [5.41, 5.74) is 4.06. The number of rotatable bonds is 9. The van der Waals surface area contributed by atoms with Crippen molar-refractivity contribution in [2.45, 2.75) is 90.8 Å². The fourth-order valence-corrected chi connectivity index (χ4v) is 5.43. The summed E-state index contributed by atoms with van der Waals surface area (Å²) < 4.78 is 25.1. The number of nitrogens with zero attached hydrogens (tertiary/aromatic N) is 6. The molecular formula is C31H42N6O2SSi. The zero-order valence-corrected chi connectivity index (χ0v) is 27.5. The first-order valence-electron chi connectivity index (χ1n) is 14.1. The van der Waals surface area contributed by atoms with Gasteiger partial charge in [-0.25, -0.2) is 23.8 Å². The summed E-state index contributed by atoms with van der Waals surface area (Å²) in [4.78, 5) is 14.3. The molecule has 218 valence electrons. The highest BCUT2D eigenvalue weighted by molar-refractivity contribution is 7.85. The van der Waals surface area contributed by atoms with E-state index in [9.17, 15) is 4.21 Å². The van der Waals surface area contributed by atoms with Crippen LogP contribution in [0.5, 0.6) is 0 Å². The third-order valence-corrected chi connectivity index (χ3v) is 13.3. The summed E-state index contributed by atoms with van der Waals surface area (Å²) in [5, 5.41) is 5.76. The second-order valence-corrected chi connectivity index (χ2v) is 19.5. The molecule has 0 fully saturated rings. The Balaban J connectivity index is 1.67. The van der Waals surface area contributed by atoms with Gasteiger partial charge in [0.2, 0.25) is 0 Å². The zero-order chi connectivity index (χ0) is 30.0. The quantitative estimate of drug-likeness (QED) is 0.148. The zero-order valence-electron chi connectivity index (χ0n) is 25.7. The van der Waals surface area contributed by atoms with E-state index < -0.39 is 24.1 Å². The normalized spacial score (nSPS) is 14.0. The van der Waals surface area contributed by atoms with Crippen LogP contribution in [-0.4, -0.2) is 47.7 Å². The molecule has 0 unspecified atom stereocenters. The first-order chi connectivity index (χ1) is 19.2. The summed E-state index contributed by atoms with van der Waals surface area (Å²) in [5.74, 6) is 1.30. The van der Waals surface area contributed by atoms with Crippen LogP contribution in [0.25, 0.3) is 28.1 Å². The minimum absolute atomic E-state index is 0.130. The summed E-state index contributed by atoms with van der Waals surface area (Å²) >= 11 is 0. The second kappa shape index (κ2) is 12.0. The van der Waals surface area contributed by atoms with Crippen LogP contribution in [0.1, 0.15) is 72.7 Å². The number of aromatic nitrogens is 5. The monoisotopic (exact) mass is 590 g/mol. The Labute approximate surface area is 247 Å². The van der Waals surface area contributed by atoms with Crippen LogP contribution in [0.2, 0.25) is 18.1 Å². The summed E-state index contributed by atoms with van der Waals surface area (Å²) in [6.07, 6.45) is 5.13. The Morgan fingerprint density at radius 3 is 2.49 bits per heavy atom. The van der Waals surface area contributed by atoms with Gasteiger partial charge in [-0.2, -0.15) is 9.50 Å². The van der Waals surface area contributed by atoms with Gasteiger partial charge in [-0.05, 0) is 69.6 Å². The SMILES string of the molecule is CCC/C(=N\[S@](=O)C(C)(C)C)c1ccnc(-c2ccc3cnn(-c4cccc(CO[Si](C)(C)C(C)(C)C)n4)c3c2)n1. The topological polar surface area (TPSA) is 95.2 Å². The van der Waals surface area contributed by atoms with Gasteiger partial charge in [-0.15, -0.1) is 0 Å². The molecule has 0 saturated heterocycles. The average Bonchev–Trinajstić information content (AvgIpc) is 3.34. The maximum absolute atomic E-state index is 12.8. The van der Waals surface area contributed by atoms with Crippen molar-refractivity contribution in [1.82, 2.24) is 24.7 Å². The third kappa shape index (κ3) is 7.23. The summed E-state index contributed by atoms with van der Waals surface area (Å²) in [7, 11) is -3.27. The second-order valence-electron chi connectivity index (χ2n) is 12.8. The number of benzene rings is 1. The van der Waals surface area contributed by atoms with Gasteiger partial charge in [0.15, 0.2) is 20.0 Å². The molecule has 1 atom stereocenters. The summed E-state index contributed by atoms with van der Waals surface area (Å²) in [6, 6.07) is 13.8. The van der Waals surface area contributed by atoms with Gasteiger partial charge in [0.25, 0.3) is 0 Å². The van der Waals surface area contributed by atoms with Gasteiger partial charge in [0, 0.05) is 17.1 Å². The first kappa shape index (κ1) is 30.9. The van der Waals surface area contributed by atoms with E-state index in [0.717, 1.165) is 40.1 Å². The van der Waals surface area contributed by atoms with Crippen LogP contribution in [-0.2, 0) is 22.0 Å². The van der Waals surface area contributed by atoms with Crippen LogP contribution in [0, 0.1) is 0 Å². The van der Waals surface area contributed by atoms with Crippen LogP contribution in [0.4, 0.5) is 0 Å². The predicted octanol–water partition coefficient (Wildman–Crippen LogP) is 7.45. The third-order valence-electron chi connectivity index (χ3n) is 7.38. The van der Waals surface area contributed by atoms with Gasteiger partial charge >= 0.3 is 0 Å². The van der Waals surface area contributed by atoms with Gasteiger partial charge in [-0.1, -0.05) is 52.3 Å². The van der Waals surface area contributed by atoms with Crippen LogP contribution < -0.4 is 0 Å². The van der Waals surface area contributed by atoms with Crippen LogP contribution in [0.3, 0.4) is 0 Å². The predicted molar refractivity (Wildman–Crippen MR) is 171 cm³/mol. The molecule has 4 aromatic rings. The van der Waals surface area contributed by atoms with Gasteiger partial charge in [0.1, 0.15) is 11.0 Å². The van der Waals surface area contributed by atoms with E-state index in [4.69, 9.17) is 14.4 Å². The maximum Gasteiger partial charge on any atom is 0.192 e. The number of hydrogen-bond donors (Lipinski definition) is 0. The Morgan fingerprint density at radius 1 is 1.05 bits per heavy atom. The minimum atomic E-state index is -1.90. The van der Waals surface area contributed by atoms with E-state index in [1.54, 1.807) is 6.20 Å². The molecule has 4 rings (SSSR count). The molecule has 0 bridgehead atoms.